The summed E-state index contributed by atoms with van der Waals surface area (Å²) >= 11 is 0. The molecule has 2 aliphatic rings. The topological polar surface area (TPSA) is 15.3 Å². The zero-order chi connectivity index (χ0) is 13.8. The van der Waals surface area contributed by atoms with Gasteiger partial charge in [0.25, 0.3) is 0 Å². The predicted octanol–water partition coefficient (Wildman–Crippen LogP) is 3.52. The number of rotatable bonds is 4. The molecule has 0 radical (unpaired) electrons. The van der Waals surface area contributed by atoms with Crippen LogP contribution in [0.3, 0.4) is 0 Å². The first-order chi connectivity index (χ1) is 9.11. The van der Waals surface area contributed by atoms with Crippen LogP contribution in [0.5, 0.6) is 0 Å². The van der Waals surface area contributed by atoms with Gasteiger partial charge in [-0.15, -0.1) is 0 Å². The van der Waals surface area contributed by atoms with Crippen LogP contribution in [0.25, 0.3) is 0 Å². The van der Waals surface area contributed by atoms with Crippen molar-refractivity contribution < 1.29 is 0 Å². The van der Waals surface area contributed by atoms with E-state index in [-0.39, 0.29) is 0 Å². The molecule has 4 unspecified atom stereocenters. The molecule has 0 aromatic carbocycles. The lowest BCUT2D eigenvalue weighted by Gasteiger charge is -2.40. The van der Waals surface area contributed by atoms with Crippen molar-refractivity contribution in [2.45, 2.75) is 71.9 Å². The van der Waals surface area contributed by atoms with E-state index in [1.807, 2.05) is 0 Å². The van der Waals surface area contributed by atoms with Crippen molar-refractivity contribution >= 4 is 0 Å². The molecule has 2 heteroatoms. The molecule has 1 aliphatic carbocycles. The van der Waals surface area contributed by atoms with E-state index in [1.165, 1.54) is 51.7 Å². The summed E-state index contributed by atoms with van der Waals surface area (Å²) in [4.78, 5) is 2.59. The van der Waals surface area contributed by atoms with E-state index in [0.29, 0.717) is 6.04 Å². The number of likely N-dealkylation sites (tertiary alicyclic amines) is 1. The summed E-state index contributed by atoms with van der Waals surface area (Å²) < 4.78 is 0. The highest BCUT2D eigenvalue weighted by molar-refractivity contribution is 4.87. The zero-order valence-electron chi connectivity index (χ0n) is 13.5. The molecule has 2 nitrogen and oxygen atoms in total. The average Bonchev–Trinajstić information content (AvgIpc) is 2.44. The van der Waals surface area contributed by atoms with E-state index in [4.69, 9.17) is 0 Å². The van der Waals surface area contributed by atoms with Gasteiger partial charge >= 0.3 is 0 Å². The lowest BCUT2D eigenvalue weighted by Crippen LogP contribution is -2.49. The van der Waals surface area contributed by atoms with Crippen molar-refractivity contribution in [1.82, 2.24) is 10.2 Å². The molecule has 0 spiro atoms. The Balaban J connectivity index is 1.79. The van der Waals surface area contributed by atoms with Crippen LogP contribution in [-0.2, 0) is 0 Å². The van der Waals surface area contributed by atoms with E-state index in [2.05, 4.69) is 37.9 Å². The number of nitrogens with one attached hydrogen (secondary N) is 1. The van der Waals surface area contributed by atoms with Crippen molar-refractivity contribution in [3.63, 3.8) is 0 Å². The van der Waals surface area contributed by atoms with Gasteiger partial charge in [-0.2, -0.15) is 0 Å². The molecule has 2 fully saturated rings. The molecule has 1 aliphatic heterocycles. The number of hydrogen-bond acceptors (Lipinski definition) is 2. The van der Waals surface area contributed by atoms with E-state index in [1.54, 1.807) is 0 Å². The summed E-state index contributed by atoms with van der Waals surface area (Å²) in [5.41, 5.74) is 0. The highest BCUT2D eigenvalue weighted by Gasteiger charge is 2.30. The first-order valence-electron chi connectivity index (χ1n) is 8.60. The molecule has 4 atom stereocenters. The quantitative estimate of drug-likeness (QED) is 0.837. The van der Waals surface area contributed by atoms with E-state index in [9.17, 15) is 0 Å². The fourth-order valence-corrected chi connectivity index (χ4v) is 4.06. The van der Waals surface area contributed by atoms with Gasteiger partial charge < -0.3 is 10.2 Å². The third-order valence-electron chi connectivity index (χ3n) is 5.97. The maximum atomic E-state index is 3.98. The SMILES string of the molecule is CCN1CCC(C(C)NC2CCCC(C)C2C)CC1. The van der Waals surface area contributed by atoms with Gasteiger partial charge in [0.05, 0.1) is 0 Å². The number of nitrogens with zero attached hydrogens (tertiary/aromatic N) is 1. The fourth-order valence-electron chi connectivity index (χ4n) is 4.06. The van der Waals surface area contributed by atoms with Gasteiger partial charge in [0.15, 0.2) is 0 Å². The van der Waals surface area contributed by atoms with Crippen molar-refractivity contribution in [2.24, 2.45) is 17.8 Å². The molecule has 2 rings (SSSR count). The van der Waals surface area contributed by atoms with Crippen molar-refractivity contribution in [1.29, 1.82) is 0 Å². The molecule has 1 saturated carbocycles. The van der Waals surface area contributed by atoms with Crippen LogP contribution in [0.1, 0.15) is 59.8 Å². The molecule has 0 aromatic heterocycles. The van der Waals surface area contributed by atoms with E-state index in [0.717, 1.165) is 23.8 Å². The largest absolute Gasteiger partial charge is 0.311 e. The minimum absolute atomic E-state index is 0.705. The highest BCUT2D eigenvalue weighted by Crippen LogP contribution is 2.31. The van der Waals surface area contributed by atoms with Crippen LogP contribution in [0.15, 0.2) is 0 Å². The van der Waals surface area contributed by atoms with E-state index < -0.39 is 0 Å². The predicted molar refractivity (Wildman–Crippen MR) is 83.4 cm³/mol. The van der Waals surface area contributed by atoms with Crippen LogP contribution in [0, 0.1) is 17.8 Å². The number of hydrogen-bond donors (Lipinski definition) is 1. The Morgan fingerprint density at radius 3 is 2.42 bits per heavy atom. The van der Waals surface area contributed by atoms with Gasteiger partial charge in [0.2, 0.25) is 0 Å². The Hall–Kier alpha value is -0.0800. The van der Waals surface area contributed by atoms with Crippen LogP contribution in [0.4, 0.5) is 0 Å². The second-order valence-corrected chi connectivity index (χ2v) is 7.10. The van der Waals surface area contributed by atoms with Gasteiger partial charge in [0, 0.05) is 12.1 Å². The lowest BCUT2D eigenvalue weighted by atomic mass is 9.77. The Morgan fingerprint density at radius 1 is 1.11 bits per heavy atom. The normalized spacial score (nSPS) is 36.3. The molecule has 0 amide bonds. The second-order valence-electron chi connectivity index (χ2n) is 7.10. The maximum Gasteiger partial charge on any atom is 0.00978 e. The summed E-state index contributed by atoms with van der Waals surface area (Å²) in [7, 11) is 0. The molecular weight excluding hydrogens is 232 g/mol. The lowest BCUT2D eigenvalue weighted by molar-refractivity contribution is 0.139. The molecule has 1 N–H and O–H groups in total. The van der Waals surface area contributed by atoms with Crippen LogP contribution in [0.2, 0.25) is 0 Å². The minimum atomic E-state index is 0.705. The molecule has 19 heavy (non-hydrogen) atoms. The molecule has 0 bridgehead atoms. The summed E-state index contributed by atoms with van der Waals surface area (Å²) in [6.45, 7) is 13.4. The molecule has 1 saturated heterocycles. The molecular formula is C17H34N2. The average molecular weight is 266 g/mol. The fraction of sp³-hybridized carbons (Fsp3) is 1.00. The summed E-state index contributed by atoms with van der Waals surface area (Å²) in [5, 5.41) is 3.98. The van der Waals surface area contributed by atoms with Crippen LogP contribution < -0.4 is 5.32 Å². The summed E-state index contributed by atoms with van der Waals surface area (Å²) in [6, 6.07) is 1.47. The first kappa shape index (κ1) is 15.3. The van der Waals surface area contributed by atoms with Crippen molar-refractivity contribution in [2.75, 3.05) is 19.6 Å². The van der Waals surface area contributed by atoms with Gasteiger partial charge in [0.1, 0.15) is 0 Å². The minimum Gasteiger partial charge on any atom is -0.311 e. The second kappa shape index (κ2) is 7.08. The van der Waals surface area contributed by atoms with Crippen LogP contribution >= 0.6 is 0 Å². The standard InChI is InChI=1S/C17H34N2/c1-5-19-11-9-16(10-12-19)15(4)18-17-8-6-7-13(2)14(17)3/h13-18H,5-12H2,1-4H3. The third-order valence-corrected chi connectivity index (χ3v) is 5.97. The van der Waals surface area contributed by atoms with Crippen molar-refractivity contribution in [3.8, 4) is 0 Å². The summed E-state index contributed by atoms with van der Waals surface area (Å²) in [5.74, 6) is 2.65. The van der Waals surface area contributed by atoms with Crippen molar-refractivity contribution in [3.05, 3.63) is 0 Å². The monoisotopic (exact) mass is 266 g/mol. The van der Waals surface area contributed by atoms with Gasteiger partial charge in [-0.05, 0) is 63.6 Å². The highest BCUT2D eigenvalue weighted by atomic mass is 15.1. The van der Waals surface area contributed by atoms with Gasteiger partial charge in [-0.3, -0.25) is 0 Å². The van der Waals surface area contributed by atoms with Gasteiger partial charge in [-0.1, -0.05) is 33.6 Å². The van der Waals surface area contributed by atoms with Crippen LogP contribution in [-0.4, -0.2) is 36.6 Å². The molecule has 112 valence electrons. The van der Waals surface area contributed by atoms with E-state index >= 15 is 0 Å². The zero-order valence-corrected chi connectivity index (χ0v) is 13.5. The summed E-state index contributed by atoms with van der Waals surface area (Å²) in [6.07, 6.45) is 7.02. The smallest absolute Gasteiger partial charge is 0.00978 e. The Bertz CT molecular complexity index is 258. The van der Waals surface area contributed by atoms with Gasteiger partial charge in [-0.25, -0.2) is 0 Å². The maximum absolute atomic E-state index is 3.98. The third kappa shape index (κ3) is 3.95. The number of piperidine rings is 1. The first-order valence-corrected chi connectivity index (χ1v) is 8.60. The Labute approximate surface area is 120 Å². The molecule has 0 aromatic rings. The Kier molecular flexibility index (Phi) is 5.70. The Morgan fingerprint density at radius 2 is 1.79 bits per heavy atom. The molecule has 1 heterocycles.